The predicted octanol–water partition coefficient (Wildman–Crippen LogP) is 1.90. The Morgan fingerprint density at radius 2 is 2.31 bits per heavy atom. The molecule has 0 aromatic rings. The minimum atomic E-state index is -0.234. The molecule has 3 heteroatoms. The highest BCUT2D eigenvalue weighted by Gasteiger charge is 2.42. The van der Waals surface area contributed by atoms with Gasteiger partial charge in [-0.2, -0.15) is 5.26 Å². The molecule has 3 atom stereocenters. The van der Waals surface area contributed by atoms with E-state index in [1.165, 1.54) is 25.8 Å². The lowest BCUT2D eigenvalue weighted by molar-refractivity contribution is 0.186. The molecule has 1 N–H and O–H groups in total. The molecule has 1 aliphatic carbocycles. The highest BCUT2D eigenvalue weighted by Crippen LogP contribution is 2.35. The zero-order chi connectivity index (χ0) is 11.6. The average molecular weight is 221 g/mol. The van der Waals surface area contributed by atoms with E-state index >= 15 is 0 Å². The molecule has 1 heterocycles. The van der Waals surface area contributed by atoms with Gasteiger partial charge >= 0.3 is 0 Å². The maximum absolute atomic E-state index is 9.34. The molecule has 0 spiro atoms. The van der Waals surface area contributed by atoms with E-state index in [0.717, 1.165) is 25.4 Å². The van der Waals surface area contributed by atoms with Crippen LogP contribution in [-0.4, -0.2) is 35.6 Å². The Bertz CT molecular complexity index is 283. The third-order valence-corrected chi connectivity index (χ3v) is 4.29. The summed E-state index contributed by atoms with van der Waals surface area (Å²) >= 11 is 0. The van der Waals surface area contributed by atoms with Crippen LogP contribution < -0.4 is 5.32 Å². The molecule has 0 radical (unpaired) electrons. The third-order valence-electron chi connectivity index (χ3n) is 4.29. The van der Waals surface area contributed by atoms with Crippen LogP contribution in [0.15, 0.2) is 0 Å². The van der Waals surface area contributed by atoms with Crippen LogP contribution in [0.4, 0.5) is 0 Å². The van der Waals surface area contributed by atoms with Crippen LogP contribution in [0, 0.1) is 11.3 Å². The Balaban J connectivity index is 1.99. The number of nitrogens with zero attached hydrogens (tertiary/aromatic N) is 2. The van der Waals surface area contributed by atoms with Crippen molar-refractivity contribution in [1.29, 1.82) is 5.26 Å². The van der Waals surface area contributed by atoms with E-state index in [2.05, 4.69) is 30.1 Å². The predicted molar refractivity (Wildman–Crippen MR) is 65.1 cm³/mol. The summed E-state index contributed by atoms with van der Waals surface area (Å²) in [6, 6.07) is 3.87. The zero-order valence-electron chi connectivity index (χ0n) is 10.5. The minimum absolute atomic E-state index is 0.234. The average Bonchev–Trinajstić information content (AvgIpc) is 2.86. The van der Waals surface area contributed by atoms with Crippen LogP contribution >= 0.6 is 0 Å². The van der Waals surface area contributed by atoms with Gasteiger partial charge in [-0.15, -0.1) is 0 Å². The molecule has 2 rings (SSSR count). The number of hydrogen-bond acceptors (Lipinski definition) is 3. The maximum Gasteiger partial charge on any atom is 0.108 e. The summed E-state index contributed by atoms with van der Waals surface area (Å²) in [6.45, 7) is 6.55. The van der Waals surface area contributed by atoms with Gasteiger partial charge in [0.2, 0.25) is 0 Å². The van der Waals surface area contributed by atoms with E-state index in [4.69, 9.17) is 0 Å². The van der Waals surface area contributed by atoms with Crippen LogP contribution in [0.5, 0.6) is 0 Å². The highest BCUT2D eigenvalue weighted by molar-refractivity contribution is 5.13. The summed E-state index contributed by atoms with van der Waals surface area (Å²) in [4.78, 5) is 2.62. The summed E-state index contributed by atoms with van der Waals surface area (Å²) in [5.41, 5.74) is -0.234. The fourth-order valence-electron chi connectivity index (χ4n) is 3.44. The minimum Gasteiger partial charge on any atom is -0.300 e. The van der Waals surface area contributed by atoms with Gasteiger partial charge in [0.05, 0.1) is 6.07 Å². The van der Waals surface area contributed by atoms with E-state index < -0.39 is 0 Å². The van der Waals surface area contributed by atoms with Gasteiger partial charge in [0, 0.05) is 12.1 Å². The van der Waals surface area contributed by atoms with E-state index in [1.54, 1.807) is 0 Å². The lowest BCUT2D eigenvalue weighted by Gasteiger charge is -2.29. The monoisotopic (exact) mass is 221 g/mol. The maximum atomic E-state index is 9.34. The van der Waals surface area contributed by atoms with Crippen LogP contribution in [0.2, 0.25) is 0 Å². The summed E-state index contributed by atoms with van der Waals surface area (Å²) in [5.74, 6) is 0. The standard InChI is InChI=1S/C13H23N3/c1-3-15-13(10-14)7-6-12(9-13)16-8-4-5-11(16)2/h11-12,15H,3-9H2,1-2H3. The SMILES string of the molecule is CCNC1(C#N)CCC(N2CCCC2C)C1. The molecule has 16 heavy (non-hydrogen) atoms. The Kier molecular flexibility index (Phi) is 3.51. The van der Waals surface area contributed by atoms with Crippen molar-refractivity contribution < 1.29 is 0 Å². The first-order valence-corrected chi connectivity index (χ1v) is 6.63. The van der Waals surface area contributed by atoms with Gasteiger partial charge in [0.25, 0.3) is 0 Å². The number of hydrogen-bond donors (Lipinski definition) is 1. The molecule has 1 saturated carbocycles. The second kappa shape index (κ2) is 4.73. The highest BCUT2D eigenvalue weighted by atomic mass is 15.2. The second-order valence-corrected chi connectivity index (χ2v) is 5.35. The number of likely N-dealkylation sites (tertiary alicyclic amines) is 1. The fraction of sp³-hybridized carbons (Fsp3) is 0.923. The smallest absolute Gasteiger partial charge is 0.108 e. The molecular weight excluding hydrogens is 198 g/mol. The lowest BCUT2D eigenvalue weighted by Crippen LogP contribution is -2.44. The quantitative estimate of drug-likeness (QED) is 0.791. The largest absolute Gasteiger partial charge is 0.300 e. The van der Waals surface area contributed by atoms with Crippen molar-refractivity contribution in [1.82, 2.24) is 10.2 Å². The van der Waals surface area contributed by atoms with Crippen molar-refractivity contribution in [3.05, 3.63) is 0 Å². The lowest BCUT2D eigenvalue weighted by atomic mass is 9.99. The van der Waals surface area contributed by atoms with Gasteiger partial charge < -0.3 is 0 Å². The fourth-order valence-corrected chi connectivity index (χ4v) is 3.44. The van der Waals surface area contributed by atoms with Crippen molar-refractivity contribution in [2.45, 2.75) is 63.6 Å². The van der Waals surface area contributed by atoms with E-state index in [0.29, 0.717) is 6.04 Å². The van der Waals surface area contributed by atoms with Crippen molar-refractivity contribution >= 4 is 0 Å². The van der Waals surface area contributed by atoms with Gasteiger partial charge in [0.15, 0.2) is 0 Å². The third kappa shape index (κ3) is 2.09. The van der Waals surface area contributed by atoms with Crippen molar-refractivity contribution in [3.8, 4) is 6.07 Å². The molecule has 0 aromatic carbocycles. The molecule has 90 valence electrons. The van der Waals surface area contributed by atoms with Gasteiger partial charge in [-0.05, 0) is 52.1 Å². The van der Waals surface area contributed by atoms with Crippen LogP contribution in [0.1, 0.15) is 46.0 Å². The van der Waals surface area contributed by atoms with E-state index in [1.807, 2.05) is 0 Å². The first kappa shape index (κ1) is 11.9. The molecule has 1 saturated heterocycles. The number of rotatable bonds is 3. The Labute approximate surface area is 98.8 Å². The molecule has 0 amide bonds. The van der Waals surface area contributed by atoms with Crippen LogP contribution in [-0.2, 0) is 0 Å². The van der Waals surface area contributed by atoms with Gasteiger partial charge in [0.1, 0.15) is 5.54 Å². The van der Waals surface area contributed by atoms with E-state index in [-0.39, 0.29) is 5.54 Å². The molecule has 0 aromatic heterocycles. The van der Waals surface area contributed by atoms with Crippen molar-refractivity contribution in [2.24, 2.45) is 0 Å². The normalized spacial score (nSPS) is 40.1. The van der Waals surface area contributed by atoms with Crippen molar-refractivity contribution in [2.75, 3.05) is 13.1 Å². The Hall–Kier alpha value is -0.590. The molecule has 3 nitrogen and oxygen atoms in total. The molecule has 2 aliphatic rings. The number of nitriles is 1. The second-order valence-electron chi connectivity index (χ2n) is 5.35. The zero-order valence-corrected chi connectivity index (χ0v) is 10.5. The summed E-state index contributed by atoms with van der Waals surface area (Å²) < 4.78 is 0. The number of nitrogens with one attached hydrogen (secondary N) is 1. The molecule has 1 aliphatic heterocycles. The molecular formula is C13H23N3. The van der Waals surface area contributed by atoms with Gasteiger partial charge in [-0.25, -0.2) is 0 Å². The van der Waals surface area contributed by atoms with E-state index in [9.17, 15) is 5.26 Å². The Morgan fingerprint density at radius 1 is 1.50 bits per heavy atom. The van der Waals surface area contributed by atoms with Gasteiger partial charge in [-0.1, -0.05) is 6.92 Å². The summed E-state index contributed by atoms with van der Waals surface area (Å²) in [5, 5.41) is 12.7. The Morgan fingerprint density at radius 3 is 2.88 bits per heavy atom. The first-order valence-electron chi connectivity index (χ1n) is 6.63. The van der Waals surface area contributed by atoms with Crippen LogP contribution in [0.25, 0.3) is 0 Å². The molecule has 0 bridgehead atoms. The molecule has 2 fully saturated rings. The summed E-state index contributed by atoms with van der Waals surface area (Å²) in [6.07, 6.45) is 5.88. The van der Waals surface area contributed by atoms with Gasteiger partial charge in [-0.3, -0.25) is 10.2 Å². The first-order chi connectivity index (χ1) is 7.71. The summed E-state index contributed by atoms with van der Waals surface area (Å²) in [7, 11) is 0. The molecule has 3 unspecified atom stereocenters. The topological polar surface area (TPSA) is 39.1 Å². The van der Waals surface area contributed by atoms with Crippen LogP contribution in [0.3, 0.4) is 0 Å². The van der Waals surface area contributed by atoms with Crippen molar-refractivity contribution in [3.63, 3.8) is 0 Å².